The first-order chi connectivity index (χ1) is 10.1. The van der Waals surface area contributed by atoms with Gasteiger partial charge in [0.05, 0.1) is 0 Å². The van der Waals surface area contributed by atoms with Crippen molar-refractivity contribution in [1.29, 1.82) is 0 Å². The molecule has 0 aliphatic heterocycles. The van der Waals surface area contributed by atoms with E-state index in [0.717, 1.165) is 16.5 Å². The summed E-state index contributed by atoms with van der Waals surface area (Å²) < 4.78 is 1.86. The minimum absolute atomic E-state index is 0.328. The van der Waals surface area contributed by atoms with E-state index in [9.17, 15) is 9.90 Å². The van der Waals surface area contributed by atoms with Crippen LogP contribution in [-0.2, 0) is 6.54 Å². The van der Waals surface area contributed by atoms with Crippen LogP contribution in [0.2, 0.25) is 0 Å². The van der Waals surface area contributed by atoms with Crippen LogP contribution in [0.15, 0.2) is 48.5 Å². The zero-order chi connectivity index (χ0) is 15.0. The first kappa shape index (κ1) is 13.4. The third-order valence-corrected chi connectivity index (χ3v) is 3.94. The largest absolute Gasteiger partial charge is 0.477 e. The second-order valence-electron chi connectivity index (χ2n) is 5.40. The molecule has 0 saturated heterocycles. The van der Waals surface area contributed by atoms with Crippen LogP contribution in [0.1, 0.15) is 27.2 Å². The zero-order valence-electron chi connectivity index (χ0n) is 12.1. The van der Waals surface area contributed by atoms with Gasteiger partial charge in [0.2, 0.25) is 0 Å². The Morgan fingerprint density at radius 3 is 2.52 bits per heavy atom. The van der Waals surface area contributed by atoms with Crippen molar-refractivity contribution in [1.82, 2.24) is 4.57 Å². The summed E-state index contributed by atoms with van der Waals surface area (Å²) in [6.07, 6.45) is 0. The fourth-order valence-electron chi connectivity index (χ4n) is 2.64. The predicted octanol–water partition coefficient (Wildman–Crippen LogP) is 4.00. The molecule has 0 radical (unpaired) electrons. The number of carboxylic acid groups (broad SMARTS) is 1. The Morgan fingerprint density at radius 2 is 1.81 bits per heavy atom. The summed E-state index contributed by atoms with van der Waals surface area (Å²) in [4.78, 5) is 11.5. The Kier molecular flexibility index (Phi) is 3.26. The van der Waals surface area contributed by atoms with Crippen LogP contribution in [0.25, 0.3) is 10.9 Å². The molecule has 3 heteroatoms. The lowest BCUT2D eigenvalue weighted by Crippen LogP contribution is -2.09. The molecule has 0 aliphatic rings. The summed E-state index contributed by atoms with van der Waals surface area (Å²) in [5.41, 5.74) is 4.86. The summed E-state index contributed by atoms with van der Waals surface area (Å²) in [5, 5.41) is 10.4. The molecular weight excluding hydrogens is 262 g/mol. The molecule has 0 spiro atoms. The maximum Gasteiger partial charge on any atom is 0.352 e. The van der Waals surface area contributed by atoms with E-state index < -0.39 is 5.97 Å². The van der Waals surface area contributed by atoms with E-state index in [1.807, 2.05) is 28.8 Å². The molecule has 0 unspecified atom stereocenters. The number of para-hydroxylation sites is 1. The van der Waals surface area contributed by atoms with E-state index in [4.69, 9.17) is 0 Å². The fraction of sp³-hybridized carbons (Fsp3) is 0.167. The predicted molar refractivity (Wildman–Crippen MR) is 83.9 cm³/mol. The monoisotopic (exact) mass is 279 g/mol. The molecule has 0 atom stereocenters. The Bertz CT molecular complexity index is 830. The lowest BCUT2D eigenvalue weighted by atomic mass is 10.1. The SMILES string of the molecule is Cc1ccc(Cn2c(C(=O)O)cc3ccccc32)cc1C. The van der Waals surface area contributed by atoms with Gasteiger partial charge in [0.15, 0.2) is 0 Å². The molecule has 0 saturated carbocycles. The van der Waals surface area contributed by atoms with Gasteiger partial charge in [-0.2, -0.15) is 0 Å². The van der Waals surface area contributed by atoms with Gasteiger partial charge in [-0.3, -0.25) is 0 Å². The molecule has 2 aromatic carbocycles. The Morgan fingerprint density at radius 1 is 1.05 bits per heavy atom. The van der Waals surface area contributed by atoms with Gasteiger partial charge in [0, 0.05) is 17.4 Å². The van der Waals surface area contributed by atoms with Crippen molar-refractivity contribution in [3.8, 4) is 0 Å². The van der Waals surface area contributed by atoms with Crippen molar-refractivity contribution in [2.24, 2.45) is 0 Å². The van der Waals surface area contributed by atoms with Crippen molar-refractivity contribution in [2.45, 2.75) is 20.4 Å². The molecule has 21 heavy (non-hydrogen) atoms. The maximum absolute atomic E-state index is 11.5. The second kappa shape index (κ2) is 5.09. The van der Waals surface area contributed by atoms with E-state index in [1.54, 1.807) is 6.07 Å². The highest BCUT2D eigenvalue weighted by atomic mass is 16.4. The van der Waals surface area contributed by atoms with E-state index in [-0.39, 0.29) is 0 Å². The molecule has 0 aliphatic carbocycles. The molecule has 0 bridgehead atoms. The molecule has 1 aromatic heterocycles. The number of aromatic carboxylic acids is 1. The van der Waals surface area contributed by atoms with Gasteiger partial charge < -0.3 is 9.67 Å². The van der Waals surface area contributed by atoms with Crippen LogP contribution in [-0.4, -0.2) is 15.6 Å². The van der Waals surface area contributed by atoms with Gasteiger partial charge in [-0.05, 0) is 42.7 Å². The van der Waals surface area contributed by atoms with Crippen LogP contribution in [0.4, 0.5) is 0 Å². The van der Waals surface area contributed by atoms with Crippen molar-refractivity contribution < 1.29 is 9.90 Å². The number of hydrogen-bond donors (Lipinski definition) is 1. The molecule has 106 valence electrons. The van der Waals surface area contributed by atoms with E-state index in [2.05, 4.69) is 32.0 Å². The summed E-state index contributed by atoms with van der Waals surface area (Å²) in [5.74, 6) is -0.893. The van der Waals surface area contributed by atoms with Crippen LogP contribution >= 0.6 is 0 Å². The van der Waals surface area contributed by atoms with Gasteiger partial charge in [0.25, 0.3) is 0 Å². The Balaban J connectivity index is 2.12. The van der Waals surface area contributed by atoms with Gasteiger partial charge in [-0.1, -0.05) is 36.4 Å². The van der Waals surface area contributed by atoms with Crippen LogP contribution in [0.5, 0.6) is 0 Å². The molecule has 3 aromatic rings. The smallest absolute Gasteiger partial charge is 0.352 e. The standard InChI is InChI=1S/C18H17NO2/c1-12-7-8-14(9-13(12)2)11-19-16-6-4-3-5-15(16)10-17(19)18(20)21/h3-10H,11H2,1-2H3,(H,20,21). The topological polar surface area (TPSA) is 42.2 Å². The molecule has 3 nitrogen and oxygen atoms in total. The third-order valence-electron chi connectivity index (χ3n) is 3.94. The van der Waals surface area contributed by atoms with Crippen LogP contribution in [0, 0.1) is 13.8 Å². The van der Waals surface area contributed by atoms with Gasteiger partial charge >= 0.3 is 5.97 Å². The van der Waals surface area contributed by atoms with E-state index in [0.29, 0.717) is 12.2 Å². The number of hydrogen-bond acceptors (Lipinski definition) is 1. The van der Waals surface area contributed by atoms with Crippen molar-refractivity contribution in [2.75, 3.05) is 0 Å². The minimum atomic E-state index is -0.893. The highest BCUT2D eigenvalue weighted by molar-refractivity contribution is 5.94. The van der Waals surface area contributed by atoms with Gasteiger partial charge in [0.1, 0.15) is 5.69 Å². The summed E-state index contributed by atoms with van der Waals surface area (Å²) >= 11 is 0. The van der Waals surface area contributed by atoms with Gasteiger partial charge in [-0.15, -0.1) is 0 Å². The molecule has 0 fully saturated rings. The van der Waals surface area contributed by atoms with E-state index >= 15 is 0 Å². The number of rotatable bonds is 3. The molecule has 1 heterocycles. The highest BCUT2D eigenvalue weighted by Crippen LogP contribution is 2.22. The third kappa shape index (κ3) is 2.42. The normalized spacial score (nSPS) is 11.0. The molecule has 3 rings (SSSR count). The van der Waals surface area contributed by atoms with Crippen molar-refractivity contribution >= 4 is 16.9 Å². The summed E-state index contributed by atoms with van der Waals surface area (Å²) in [7, 11) is 0. The molecule has 0 amide bonds. The van der Waals surface area contributed by atoms with Crippen molar-refractivity contribution in [3.05, 3.63) is 70.9 Å². The first-order valence-electron chi connectivity index (χ1n) is 6.94. The number of aromatic nitrogens is 1. The Hall–Kier alpha value is -2.55. The number of aryl methyl sites for hydroxylation is 2. The number of benzene rings is 2. The minimum Gasteiger partial charge on any atom is -0.477 e. The maximum atomic E-state index is 11.5. The second-order valence-corrected chi connectivity index (χ2v) is 5.40. The van der Waals surface area contributed by atoms with Crippen molar-refractivity contribution in [3.63, 3.8) is 0 Å². The Labute approximate surface area is 123 Å². The number of fused-ring (bicyclic) bond motifs is 1. The van der Waals surface area contributed by atoms with Crippen LogP contribution < -0.4 is 0 Å². The fourth-order valence-corrected chi connectivity index (χ4v) is 2.64. The number of carbonyl (C=O) groups is 1. The highest BCUT2D eigenvalue weighted by Gasteiger charge is 2.14. The van der Waals surface area contributed by atoms with Crippen LogP contribution in [0.3, 0.4) is 0 Å². The average molecular weight is 279 g/mol. The number of nitrogens with zero attached hydrogens (tertiary/aromatic N) is 1. The quantitative estimate of drug-likeness (QED) is 0.787. The lowest BCUT2D eigenvalue weighted by molar-refractivity contribution is 0.0686. The first-order valence-corrected chi connectivity index (χ1v) is 6.94. The summed E-state index contributed by atoms with van der Waals surface area (Å²) in [6, 6.07) is 15.8. The van der Waals surface area contributed by atoms with Gasteiger partial charge in [-0.25, -0.2) is 4.79 Å². The average Bonchev–Trinajstić information content (AvgIpc) is 2.82. The molecule has 1 N–H and O–H groups in total. The molecular formula is C18H17NO2. The lowest BCUT2D eigenvalue weighted by Gasteiger charge is -2.10. The van der Waals surface area contributed by atoms with E-state index in [1.165, 1.54) is 11.1 Å². The summed E-state index contributed by atoms with van der Waals surface area (Å²) in [6.45, 7) is 4.72. The zero-order valence-corrected chi connectivity index (χ0v) is 12.1. The number of carboxylic acids is 1.